The average Bonchev–Trinajstić information content (AvgIpc) is 2.61. The lowest BCUT2D eigenvalue weighted by atomic mass is 9.83. The Kier molecular flexibility index (Phi) is 5.88. The summed E-state index contributed by atoms with van der Waals surface area (Å²) >= 11 is 6.08. The maximum atomic E-state index is 13.2. The second-order valence-electron chi connectivity index (χ2n) is 8.00. The first-order valence-electron chi connectivity index (χ1n) is 9.41. The van der Waals surface area contributed by atoms with Crippen LogP contribution in [-0.2, 0) is 16.0 Å². The lowest BCUT2D eigenvalue weighted by molar-refractivity contribution is -0.146. The molecule has 2 heterocycles. The standard InChI is InChI=1S/C20H28ClN3O2/c1-20(2,12-15-5-3-6-16(21)11-15)19(26)23-9-4-7-17(14-23)24-10-8-22-13-18(24)25/h3,5-6,11,17,22H,4,7-10,12-14H2,1-2H3. The van der Waals surface area contributed by atoms with E-state index in [1.165, 1.54) is 0 Å². The van der Waals surface area contributed by atoms with E-state index < -0.39 is 5.41 Å². The van der Waals surface area contributed by atoms with Gasteiger partial charge in [-0.05, 0) is 37.0 Å². The summed E-state index contributed by atoms with van der Waals surface area (Å²) in [6.45, 7) is 7.38. The number of nitrogens with zero attached hydrogens (tertiary/aromatic N) is 2. The molecule has 2 amide bonds. The third kappa shape index (κ3) is 4.38. The van der Waals surface area contributed by atoms with Crippen LogP contribution in [0.2, 0.25) is 5.02 Å². The number of carbonyl (C=O) groups is 2. The average molecular weight is 378 g/mol. The Morgan fingerprint density at radius 1 is 1.35 bits per heavy atom. The zero-order chi connectivity index (χ0) is 18.7. The number of piperidine rings is 1. The lowest BCUT2D eigenvalue weighted by Crippen LogP contribution is -2.58. The third-order valence-corrected chi connectivity index (χ3v) is 5.60. The second kappa shape index (κ2) is 7.97. The summed E-state index contributed by atoms with van der Waals surface area (Å²) in [5, 5.41) is 3.81. The summed E-state index contributed by atoms with van der Waals surface area (Å²) in [6.07, 6.45) is 2.57. The van der Waals surface area contributed by atoms with Crippen molar-refractivity contribution in [1.82, 2.24) is 15.1 Å². The first-order chi connectivity index (χ1) is 12.4. The molecule has 0 radical (unpaired) electrons. The Labute approximate surface area is 160 Å². The molecule has 2 aliphatic rings. The Bertz CT molecular complexity index is 677. The zero-order valence-corrected chi connectivity index (χ0v) is 16.4. The number of carbonyl (C=O) groups excluding carboxylic acids is 2. The summed E-state index contributed by atoms with van der Waals surface area (Å²) in [4.78, 5) is 29.3. The van der Waals surface area contributed by atoms with Crippen LogP contribution in [0.4, 0.5) is 0 Å². The number of piperazine rings is 1. The molecule has 2 fully saturated rings. The van der Waals surface area contributed by atoms with E-state index in [1.807, 2.05) is 47.9 Å². The molecular weight excluding hydrogens is 350 g/mol. The molecule has 0 spiro atoms. The van der Waals surface area contributed by atoms with E-state index in [2.05, 4.69) is 5.32 Å². The highest BCUT2D eigenvalue weighted by atomic mass is 35.5. The Balaban J connectivity index is 1.66. The van der Waals surface area contributed by atoms with Crippen molar-refractivity contribution in [2.45, 2.75) is 39.2 Å². The summed E-state index contributed by atoms with van der Waals surface area (Å²) in [6, 6.07) is 7.85. The van der Waals surface area contributed by atoms with Gasteiger partial charge in [0.25, 0.3) is 0 Å². The van der Waals surface area contributed by atoms with Gasteiger partial charge in [0.2, 0.25) is 11.8 Å². The molecule has 2 aliphatic heterocycles. The van der Waals surface area contributed by atoms with Crippen molar-refractivity contribution in [2.24, 2.45) is 5.41 Å². The fourth-order valence-corrected chi connectivity index (χ4v) is 4.27. The van der Waals surface area contributed by atoms with Gasteiger partial charge in [-0.15, -0.1) is 0 Å². The maximum absolute atomic E-state index is 13.2. The molecule has 1 aromatic rings. The van der Waals surface area contributed by atoms with Crippen molar-refractivity contribution >= 4 is 23.4 Å². The van der Waals surface area contributed by atoms with Crippen molar-refractivity contribution in [3.05, 3.63) is 34.9 Å². The van der Waals surface area contributed by atoms with Gasteiger partial charge in [0.15, 0.2) is 0 Å². The van der Waals surface area contributed by atoms with E-state index in [0.29, 0.717) is 24.5 Å². The molecule has 0 aliphatic carbocycles. The van der Waals surface area contributed by atoms with Crippen LogP contribution in [0.5, 0.6) is 0 Å². The van der Waals surface area contributed by atoms with Gasteiger partial charge >= 0.3 is 0 Å². The number of likely N-dealkylation sites (tertiary alicyclic amines) is 1. The van der Waals surface area contributed by atoms with Crippen LogP contribution in [0.3, 0.4) is 0 Å². The van der Waals surface area contributed by atoms with Crippen LogP contribution in [0.15, 0.2) is 24.3 Å². The molecule has 1 unspecified atom stereocenters. The van der Waals surface area contributed by atoms with E-state index in [1.54, 1.807) is 0 Å². The van der Waals surface area contributed by atoms with Gasteiger partial charge in [-0.1, -0.05) is 37.6 Å². The maximum Gasteiger partial charge on any atom is 0.236 e. The van der Waals surface area contributed by atoms with Gasteiger partial charge in [0, 0.05) is 42.7 Å². The molecule has 6 heteroatoms. The van der Waals surface area contributed by atoms with E-state index >= 15 is 0 Å². The summed E-state index contributed by atoms with van der Waals surface area (Å²) in [5.74, 6) is 0.304. The number of hydrogen-bond acceptors (Lipinski definition) is 3. The predicted molar refractivity (Wildman–Crippen MR) is 103 cm³/mol. The summed E-state index contributed by atoms with van der Waals surface area (Å²) in [5.41, 5.74) is 0.571. The largest absolute Gasteiger partial charge is 0.340 e. The highest BCUT2D eigenvalue weighted by molar-refractivity contribution is 6.30. The lowest BCUT2D eigenvalue weighted by Gasteiger charge is -2.43. The normalized spacial score (nSPS) is 21.8. The molecule has 1 aromatic carbocycles. The van der Waals surface area contributed by atoms with Crippen molar-refractivity contribution in [1.29, 1.82) is 0 Å². The van der Waals surface area contributed by atoms with Crippen LogP contribution in [0, 0.1) is 5.41 Å². The van der Waals surface area contributed by atoms with Crippen LogP contribution in [0.1, 0.15) is 32.3 Å². The number of nitrogens with one attached hydrogen (secondary N) is 1. The molecule has 3 rings (SSSR count). The predicted octanol–water partition coefficient (Wildman–Crippen LogP) is 2.33. The number of halogens is 1. The van der Waals surface area contributed by atoms with Crippen LogP contribution < -0.4 is 5.32 Å². The molecule has 1 N–H and O–H groups in total. The Hall–Kier alpha value is -1.59. The third-order valence-electron chi connectivity index (χ3n) is 5.36. The summed E-state index contributed by atoms with van der Waals surface area (Å²) in [7, 11) is 0. The molecule has 26 heavy (non-hydrogen) atoms. The van der Waals surface area contributed by atoms with E-state index in [4.69, 9.17) is 11.6 Å². The van der Waals surface area contributed by atoms with Gasteiger partial charge in [0.1, 0.15) is 0 Å². The SMILES string of the molecule is CC(C)(Cc1cccc(Cl)c1)C(=O)N1CCCC(N2CCNCC2=O)C1. The van der Waals surface area contributed by atoms with Gasteiger partial charge < -0.3 is 15.1 Å². The Morgan fingerprint density at radius 3 is 2.88 bits per heavy atom. The molecule has 1 atom stereocenters. The van der Waals surface area contributed by atoms with Gasteiger partial charge in [-0.2, -0.15) is 0 Å². The number of hydrogen-bond donors (Lipinski definition) is 1. The summed E-state index contributed by atoms with van der Waals surface area (Å²) < 4.78 is 0. The highest BCUT2D eigenvalue weighted by Gasteiger charge is 2.37. The Morgan fingerprint density at radius 2 is 2.15 bits per heavy atom. The molecule has 0 bridgehead atoms. The molecular formula is C20H28ClN3O2. The van der Waals surface area contributed by atoms with E-state index in [9.17, 15) is 9.59 Å². The number of rotatable bonds is 4. The van der Waals surface area contributed by atoms with Gasteiger partial charge in [-0.25, -0.2) is 0 Å². The molecule has 0 saturated carbocycles. The van der Waals surface area contributed by atoms with Gasteiger partial charge in [-0.3, -0.25) is 9.59 Å². The smallest absolute Gasteiger partial charge is 0.236 e. The van der Waals surface area contributed by atoms with Crippen LogP contribution >= 0.6 is 11.6 Å². The fraction of sp³-hybridized carbons (Fsp3) is 0.600. The highest BCUT2D eigenvalue weighted by Crippen LogP contribution is 2.28. The second-order valence-corrected chi connectivity index (χ2v) is 8.44. The number of benzene rings is 1. The van der Waals surface area contributed by atoms with Crippen LogP contribution in [-0.4, -0.2) is 60.4 Å². The van der Waals surface area contributed by atoms with Crippen LogP contribution in [0.25, 0.3) is 0 Å². The molecule has 5 nitrogen and oxygen atoms in total. The van der Waals surface area contributed by atoms with E-state index in [0.717, 1.165) is 38.0 Å². The number of amides is 2. The molecule has 0 aromatic heterocycles. The van der Waals surface area contributed by atoms with Crippen molar-refractivity contribution in [3.63, 3.8) is 0 Å². The first kappa shape index (κ1) is 19.2. The van der Waals surface area contributed by atoms with E-state index in [-0.39, 0.29) is 17.9 Å². The van der Waals surface area contributed by atoms with Crippen molar-refractivity contribution in [2.75, 3.05) is 32.7 Å². The van der Waals surface area contributed by atoms with Crippen molar-refractivity contribution in [3.8, 4) is 0 Å². The topological polar surface area (TPSA) is 52.7 Å². The molecule has 142 valence electrons. The zero-order valence-electron chi connectivity index (χ0n) is 15.6. The molecule has 2 saturated heterocycles. The first-order valence-corrected chi connectivity index (χ1v) is 9.78. The van der Waals surface area contributed by atoms with Crippen molar-refractivity contribution < 1.29 is 9.59 Å². The van der Waals surface area contributed by atoms with Gasteiger partial charge in [0.05, 0.1) is 6.54 Å². The fourth-order valence-electron chi connectivity index (χ4n) is 4.06. The monoisotopic (exact) mass is 377 g/mol. The quantitative estimate of drug-likeness (QED) is 0.876. The minimum absolute atomic E-state index is 0.143. The minimum Gasteiger partial charge on any atom is -0.340 e. The minimum atomic E-state index is -0.500.